The van der Waals surface area contributed by atoms with Crippen LogP contribution < -0.4 is 5.32 Å². The Kier molecular flexibility index (Phi) is 6.28. The van der Waals surface area contributed by atoms with Crippen molar-refractivity contribution in [3.05, 3.63) is 11.9 Å². The molecule has 3 rings (SSSR count). The predicted octanol–water partition coefficient (Wildman–Crippen LogP) is 2.98. The third-order valence-electron chi connectivity index (χ3n) is 6.12. The minimum Gasteiger partial charge on any atom is -0.413 e. The Bertz CT molecular complexity index is 682. The number of hydrogen-bond acceptors (Lipinski definition) is 6. The van der Waals surface area contributed by atoms with Gasteiger partial charge in [-0.25, -0.2) is 4.68 Å². The molecule has 0 aromatic carbocycles. The van der Waals surface area contributed by atoms with Gasteiger partial charge in [0.25, 0.3) is 0 Å². The summed E-state index contributed by atoms with van der Waals surface area (Å²) in [6.07, 6.45) is 4.38. The summed E-state index contributed by atoms with van der Waals surface area (Å²) < 4.78 is 19.5. The van der Waals surface area contributed by atoms with E-state index in [0.29, 0.717) is 6.61 Å². The van der Waals surface area contributed by atoms with Crippen molar-refractivity contribution in [2.24, 2.45) is 5.92 Å². The molecule has 1 aromatic heterocycles. The molecule has 3 heterocycles. The lowest BCUT2D eigenvalue weighted by Gasteiger charge is -2.45. The molecule has 9 heteroatoms. The molecule has 4 atom stereocenters. The summed E-state index contributed by atoms with van der Waals surface area (Å²) in [5, 5.41) is 11.4. The largest absolute Gasteiger partial charge is 0.413 e. The maximum atomic E-state index is 12.3. The number of nitrogens with one attached hydrogen (secondary N) is 1. The van der Waals surface area contributed by atoms with Crippen LogP contribution in [0.25, 0.3) is 0 Å². The van der Waals surface area contributed by atoms with Gasteiger partial charge in [0, 0.05) is 6.61 Å². The van der Waals surface area contributed by atoms with Crippen LogP contribution in [0.15, 0.2) is 6.20 Å². The van der Waals surface area contributed by atoms with Crippen molar-refractivity contribution in [3.63, 3.8) is 0 Å². The number of ether oxygens (including phenoxy) is 2. The molecule has 1 N–H and O–H groups in total. The Hall–Kier alpha value is -1.29. The van der Waals surface area contributed by atoms with E-state index in [9.17, 15) is 4.79 Å². The molecule has 2 aliphatic heterocycles. The second kappa shape index (κ2) is 8.21. The SMILES string of the molecule is C[C@@H](O[Si](C)(C)C(C)(C)C)[C@H]1C(=O)N[C@@H]1n1cc(COC2CCCCO2)nn1. The molecule has 0 spiro atoms. The summed E-state index contributed by atoms with van der Waals surface area (Å²) in [4.78, 5) is 12.3. The molecule has 2 saturated heterocycles. The van der Waals surface area contributed by atoms with Gasteiger partial charge in [-0.2, -0.15) is 0 Å². The highest BCUT2D eigenvalue weighted by molar-refractivity contribution is 6.74. The molecule has 1 unspecified atom stereocenters. The van der Waals surface area contributed by atoms with Crippen molar-refractivity contribution >= 4 is 14.2 Å². The molecule has 1 aromatic rings. The average molecular weight is 411 g/mol. The van der Waals surface area contributed by atoms with Crippen LogP contribution >= 0.6 is 0 Å². The number of aromatic nitrogens is 3. The Morgan fingerprint density at radius 3 is 2.75 bits per heavy atom. The number of carbonyl (C=O) groups excluding carboxylic acids is 1. The highest BCUT2D eigenvalue weighted by Gasteiger charge is 2.48. The standard InChI is InChI=1S/C19H34N4O4Si/c1-13(27-28(5,6)19(2,3)4)16-17(20-18(16)24)23-11-14(21-22-23)12-26-15-9-7-8-10-25-15/h11,13,15-17H,7-10,12H2,1-6H3,(H,20,24)/t13-,15?,16-,17-/m1/s1. The van der Waals surface area contributed by atoms with Gasteiger partial charge in [-0.05, 0) is 44.3 Å². The van der Waals surface area contributed by atoms with Crippen LogP contribution in [-0.4, -0.2) is 48.2 Å². The van der Waals surface area contributed by atoms with E-state index in [2.05, 4.69) is 49.5 Å². The van der Waals surface area contributed by atoms with Gasteiger partial charge in [0.2, 0.25) is 5.91 Å². The van der Waals surface area contributed by atoms with E-state index in [0.717, 1.165) is 31.6 Å². The molecule has 0 bridgehead atoms. The first-order valence-corrected chi connectivity index (χ1v) is 13.1. The van der Waals surface area contributed by atoms with E-state index in [4.69, 9.17) is 13.9 Å². The predicted molar refractivity (Wildman–Crippen MR) is 107 cm³/mol. The molecular weight excluding hydrogens is 376 g/mol. The van der Waals surface area contributed by atoms with E-state index in [1.54, 1.807) is 4.68 Å². The van der Waals surface area contributed by atoms with E-state index in [-0.39, 0.29) is 35.4 Å². The Balaban J connectivity index is 1.59. The molecule has 0 aliphatic carbocycles. The zero-order valence-electron chi connectivity index (χ0n) is 17.9. The summed E-state index contributed by atoms with van der Waals surface area (Å²) in [6, 6.07) is 0. The third kappa shape index (κ3) is 4.64. The minimum atomic E-state index is -1.96. The van der Waals surface area contributed by atoms with Crippen molar-refractivity contribution in [3.8, 4) is 0 Å². The van der Waals surface area contributed by atoms with Crippen LogP contribution in [0.4, 0.5) is 0 Å². The summed E-state index contributed by atoms with van der Waals surface area (Å²) in [7, 11) is -1.96. The van der Waals surface area contributed by atoms with Gasteiger partial charge < -0.3 is 19.2 Å². The van der Waals surface area contributed by atoms with Gasteiger partial charge in [-0.15, -0.1) is 5.10 Å². The van der Waals surface area contributed by atoms with Crippen molar-refractivity contribution in [1.29, 1.82) is 0 Å². The van der Waals surface area contributed by atoms with Crippen LogP contribution in [-0.2, 0) is 25.3 Å². The van der Waals surface area contributed by atoms with E-state index < -0.39 is 8.32 Å². The summed E-state index contributed by atoms with van der Waals surface area (Å²) >= 11 is 0. The highest BCUT2D eigenvalue weighted by Crippen LogP contribution is 2.40. The first-order valence-electron chi connectivity index (χ1n) is 10.2. The van der Waals surface area contributed by atoms with E-state index in [1.165, 1.54) is 0 Å². The van der Waals surface area contributed by atoms with Crippen LogP contribution in [0.2, 0.25) is 18.1 Å². The lowest BCUT2D eigenvalue weighted by molar-refractivity contribution is -0.169. The maximum Gasteiger partial charge on any atom is 0.231 e. The van der Waals surface area contributed by atoms with Crippen molar-refractivity contribution in [1.82, 2.24) is 20.3 Å². The number of hydrogen-bond donors (Lipinski definition) is 1. The van der Waals surface area contributed by atoms with Gasteiger partial charge in [0.05, 0.1) is 18.9 Å². The lowest BCUT2D eigenvalue weighted by atomic mass is 9.92. The second-order valence-corrected chi connectivity index (χ2v) is 14.1. The van der Waals surface area contributed by atoms with Gasteiger partial charge >= 0.3 is 0 Å². The van der Waals surface area contributed by atoms with Crippen LogP contribution in [0, 0.1) is 5.92 Å². The molecular formula is C19H34N4O4Si. The molecule has 2 fully saturated rings. The second-order valence-electron chi connectivity index (χ2n) is 9.36. The quantitative estimate of drug-likeness (QED) is 0.549. The van der Waals surface area contributed by atoms with E-state index >= 15 is 0 Å². The Morgan fingerprint density at radius 1 is 1.39 bits per heavy atom. The molecule has 1 amide bonds. The fourth-order valence-corrected chi connectivity index (χ4v) is 4.76. The zero-order valence-corrected chi connectivity index (χ0v) is 18.9. The summed E-state index contributed by atoms with van der Waals surface area (Å²) in [5.41, 5.74) is 0.729. The molecule has 0 saturated carbocycles. The summed E-state index contributed by atoms with van der Waals surface area (Å²) in [6.45, 7) is 14.1. The monoisotopic (exact) mass is 410 g/mol. The first kappa shape index (κ1) is 21.4. The minimum absolute atomic E-state index is 0.000106. The topological polar surface area (TPSA) is 87.5 Å². The lowest BCUT2D eigenvalue weighted by Crippen LogP contribution is -2.60. The molecule has 158 valence electrons. The maximum absolute atomic E-state index is 12.3. The van der Waals surface area contributed by atoms with Crippen molar-refractivity contribution in [2.75, 3.05) is 6.61 Å². The van der Waals surface area contributed by atoms with E-state index in [1.807, 2.05) is 13.1 Å². The van der Waals surface area contributed by atoms with Gasteiger partial charge in [-0.1, -0.05) is 26.0 Å². The number of amides is 1. The molecule has 28 heavy (non-hydrogen) atoms. The average Bonchev–Trinajstić information content (AvgIpc) is 3.05. The fraction of sp³-hybridized carbons (Fsp3) is 0.842. The molecule has 8 nitrogen and oxygen atoms in total. The summed E-state index contributed by atoms with van der Waals surface area (Å²) in [5.74, 6) is -0.272. The molecule has 0 radical (unpaired) electrons. The third-order valence-corrected chi connectivity index (χ3v) is 10.7. The number of nitrogens with zero attached hydrogens (tertiary/aromatic N) is 3. The normalized spacial score (nSPS) is 27.2. The fourth-order valence-electron chi connectivity index (χ4n) is 3.33. The van der Waals surface area contributed by atoms with Crippen LogP contribution in [0.1, 0.15) is 58.8 Å². The number of rotatable bonds is 7. The highest BCUT2D eigenvalue weighted by atomic mass is 28.4. The van der Waals surface area contributed by atoms with Gasteiger partial charge in [0.1, 0.15) is 17.8 Å². The molecule has 2 aliphatic rings. The van der Waals surface area contributed by atoms with Gasteiger partial charge in [-0.3, -0.25) is 4.79 Å². The van der Waals surface area contributed by atoms with Gasteiger partial charge in [0.15, 0.2) is 14.6 Å². The van der Waals surface area contributed by atoms with Crippen LogP contribution in [0.3, 0.4) is 0 Å². The van der Waals surface area contributed by atoms with Crippen LogP contribution in [0.5, 0.6) is 0 Å². The number of β-lactam (4-membered cyclic amide) rings is 1. The number of carbonyl (C=O) groups is 1. The van der Waals surface area contributed by atoms with Crippen molar-refractivity contribution < 1.29 is 18.7 Å². The zero-order chi connectivity index (χ0) is 20.5. The first-order chi connectivity index (χ1) is 13.1. The smallest absolute Gasteiger partial charge is 0.231 e. The van der Waals surface area contributed by atoms with Crippen molar-refractivity contribution in [2.45, 2.75) is 90.3 Å². The Morgan fingerprint density at radius 2 is 2.14 bits per heavy atom. The Labute approximate surface area is 168 Å².